The van der Waals surface area contributed by atoms with E-state index >= 15 is 0 Å². The van der Waals surface area contributed by atoms with Gasteiger partial charge in [0, 0.05) is 19.5 Å². The number of carboxylic acids is 3. The van der Waals surface area contributed by atoms with Crippen LogP contribution in [0.25, 0.3) is 0 Å². The Morgan fingerprint density at radius 1 is 0.625 bits per heavy atom. The molecule has 40 heavy (non-hydrogen) atoms. The van der Waals surface area contributed by atoms with Crippen LogP contribution in [0.15, 0.2) is 9.98 Å². The van der Waals surface area contributed by atoms with E-state index in [2.05, 4.69) is 20.6 Å². The van der Waals surface area contributed by atoms with Crippen LogP contribution in [0.3, 0.4) is 0 Å². The highest BCUT2D eigenvalue weighted by Gasteiger charge is 2.31. The van der Waals surface area contributed by atoms with Crippen LogP contribution in [0.5, 0.6) is 0 Å². The summed E-state index contributed by atoms with van der Waals surface area (Å²) >= 11 is 0. The molecular weight excluding hydrogens is 536 g/mol. The third-order valence-corrected chi connectivity index (χ3v) is 5.16. The van der Waals surface area contributed by atoms with Crippen molar-refractivity contribution in [3.63, 3.8) is 0 Å². The number of hydrogen-bond acceptors (Lipinski definition) is 9. The molecule has 3 amide bonds. The quantitative estimate of drug-likeness (QED) is 0.0369. The smallest absolute Gasteiger partial charge is 0.326 e. The summed E-state index contributed by atoms with van der Waals surface area (Å²) in [6, 6.07) is -5.80. The Morgan fingerprint density at radius 2 is 1.10 bits per heavy atom. The monoisotopic (exact) mass is 574 g/mol. The topological polar surface area (TPSA) is 354 Å². The van der Waals surface area contributed by atoms with Crippen molar-refractivity contribution in [2.45, 2.75) is 69.1 Å². The third-order valence-electron chi connectivity index (χ3n) is 5.16. The van der Waals surface area contributed by atoms with E-state index in [9.17, 15) is 39.0 Å². The van der Waals surface area contributed by atoms with E-state index in [4.69, 9.17) is 33.8 Å². The predicted octanol–water partition coefficient (Wildman–Crippen LogP) is -4.70. The van der Waals surface area contributed by atoms with E-state index in [1.54, 1.807) is 0 Å². The SMILES string of the molecule is NC(N)=NCCCC(N)C(=O)NC(CCCN=C(N)N)C(=O)NC(CC(=O)O)C(=O)NC(CCC(=O)O)C(=O)O. The van der Waals surface area contributed by atoms with Gasteiger partial charge in [0.05, 0.1) is 12.5 Å². The molecule has 0 saturated heterocycles. The second kappa shape index (κ2) is 18.6. The number of guanidine groups is 2. The summed E-state index contributed by atoms with van der Waals surface area (Å²) in [5, 5.41) is 33.9. The minimum absolute atomic E-state index is 0.0488. The van der Waals surface area contributed by atoms with Gasteiger partial charge in [0.15, 0.2) is 11.9 Å². The number of aliphatic carboxylic acids is 3. The molecular formula is C21H38N10O9. The lowest BCUT2D eigenvalue weighted by atomic mass is 10.1. The van der Waals surface area contributed by atoms with Crippen LogP contribution in [-0.4, -0.2) is 100 Å². The van der Waals surface area contributed by atoms with Gasteiger partial charge in [-0.15, -0.1) is 0 Å². The Morgan fingerprint density at radius 3 is 1.57 bits per heavy atom. The minimum atomic E-state index is -1.76. The lowest BCUT2D eigenvalue weighted by Crippen LogP contribution is -2.57. The predicted molar refractivity (Wildman–Crippen MR) is 140 cm³/mol. The maximum atomic E-state index is 13.0. The van der Waals surface area contributed by atoms with Gasteiger partial charge in [-0.05, 0) is 32.1 Å². The molecule has 0 aliphatic heterocycles. The van der Waals surface area contributed by atoms with Crippen molar-refractivity contribution in [2.75, 3.05) is 13.1 Å². The second-order valence-electron chi connectivity index (χ2n) is 8.56. The van der Waals surface area contributed by atoms with Crippen molar-refractivity contribution < 1.29 is 44.1 Å². The normalized spacial score (nSPS) is 13.4. The van der Waals surface area contributed by atoms with Gasteiger partial charge < -0.3 is 59.9 Å². The number of carbonyl (C=O) groups excluding carboxylic acids is 3. The van der Waals surface area contributed by atoms with E-state index in [-0.39, 0.29) is 44.3 Å². The molecule has 0 fully saturated rings. The van der Waals surface area contributed by atoms with Crippen molar-refractivity contribution in [2.24, 2.45) is 38.7 Å². The number of rotatable bonds is 20. The highest BCUT2D eigenvalue weighted by Crippen LogP contribution is 2.05. The van der Waals surface area contributed by atoms with Gasteiger partial charge >= 0.3 is 17.9 Å². The molecule has 0 rings (SSSR count). The maximum absolute atomic E-state index is 13.0. The van der Waals surface area contributed by atoms with Gasteiger partial charge in [0.2, 0.25) is 17.7 Å². The zero-order chi connectivity index (χ0) is 30.8. The first-order valence-electron chi connectivity index (χ1n) is 12.1. The molecule has 0 saturated carbocycles. The standard InChI is InChI=1S/C21H38N10O9/c22-10(3-1-7-27-20(23)24)16(36)29-11(4-2-8-28-21(25)26)17(37)31-13(9-15(34)35)18(38)30-12(19(39)40)5-6-14(32)33/h10-13H,1-9,22H2,(H,29,36)(H,30,38)(H,31,37)(H,32,33)(H,34,35)(H,39,40)(H4,23,24,27)(H4,25,26,28). The van der Waals surface area contributed by atoms with Gasteiger partial charge in [-0.1, -0.05) is 0 Å². The molecule has 4 atom stereocenters. The number of carboxylic acid groups (broad SMARTS) is 3. The molecule has 0 aliphatic rings. The van der Waals surface area contributed by atoms with E-state index < -0.39 is 79.1 Å². The fraction of sp³-hybridized carbons (Fsp3) is 0.619. The molecule has 0 heterocycles. The highest BCUT2D eigenvalue weighted by molar-refractivity contribution is 5.95. The molecule has 19 heteroatoms. The third kappa shape index (κ3) is 16.2. The molecule has 4 unspecified atom stereocenters. The molecule has 226 valence electrons. The molecule has 0 spiro atoms. The van der Waals surface area contributed by atoms with Crippen LogP contribution in [0, 0.1) is 0 Å². The largest absolute Gasteiger partial charge is 0.481 e. The van der Waals surface area contributed by atoms with Gasteiger partial charge in [-0.25, -0.2) is 4.79 Å². The van der Waals surface area contributed by atoms with Crippen molar-refractivity contribution in [3.05, 3.63) is 0 Å². The molecule has 0 bridgehead atoms. The Kier molecular flexibility index (Phi) is 16.4. The average molecular weight is 575 g/mol. The molecule has 19 nitrogen and oxygen atoms in total. The summed E-state index contributed by atoms with van der Waals surface area (Å²) in [6.45, 7) is 0.289. The first-order chi connectivity index (χ1) is 18.6. The van der Waals surface area contributed by atoms with Crippen LogP contribution in [0.4, 0.5) is 0 Å². The highest BCUT2D eigenvalue weighted by atomic mass is 16.4. The number of hydrogen-bond donors (Lipinski definition) is 11. The summed E-state index contributed by atoms with van der Waals surface area (Å²) < 4.78 is 0. The van der Waals surface area contributed by atoms with Crippen LogP contribution in [0.1, 0.15) is 44.9 Å². The van der Waals surface area contributed by atoms with Crippen LogP contribution in [-0.2, 0) is 28.8 Å². The van der Waals surface area contributed by atoms with E-state index in [0.717, 1.165) is 0 Å². The second-order valence-corrected chi connectivity index (χ2v) is 8.56. The number of carbonyl (C=O) groups is 6. The summed E-state index contributed by atoms with van der Waals surface area (Å²) in [4.78, 5) is 79.4. The fourth-order valence-electron chi connectivity index (χ4n) is 3.16. The number of aliphatic imine (C=N–C) groups is 2. The van der Waals surface area contributed by atoms with Gasteiger partial charge in [0.25, 0.3) is 0 Å². The Hall–Kier alpha value is -4.68. The maximum Gasteiger partial charge on any atom is 0.326 e. The lowest BCUT2D eigenvalue weighted by molar-refractivity contribution is -0.144. The lowest BCUT2D eigenvalue weighted by Gasteiger charge is -2.24. The van der Waals surface area contributed by atoms with Crippen LogP contribution < -0.4 is 44.6 Å². The first kappa shape index (κ1) is 35.3. The summed E-state index contributed by atoms with van der Waals surface area (Å²) in [5.74, 6) is -7.60. The zero-order valence-corrected chi connectivity index (χ0v) is 21.7. The summed E-state index contributed by atoms with van der Waals surface area (Å²) in [6.07, 6.45) is -1.39. The van der Waals surface area contributed by atoms with Gasteiger partial charge in [0.1, 0.15) is 18.1 Å². The Labute approximate surface area is 229 Å². The number of nitrogens with two attached hydrogens (primary N) is 5. The number of nitrogens with one attached hydrogen (secondary N) is 3. The molecule has 0 aromatic heterocycles. The van der Waals surface area contributed by atoms with Crippen molar-refractivity contribution in [1.82, 2.24) is 16.0 Å². The van der Waals surface area contributed by atoms with E-state index in [1.165, 1.54) is 0 Å². The molecule has 16 N–H and O–H groups in total. The summed E-state index contributed by atoms with van der Waals surface area (Å²) in [7, 11) is 0. The van der Waals surface area contributed by atoms with Crippen LogP contribution >= 0.6 is 0 Å². The van der Waals surface area contributed by atoms with E-state index in [1.807, 2.05) is 5.32 Å². The summed E-state index contributed by atoms with van der Waals surface area (Å²) in [5.41, 5.74) is 26.9. The molecule has 0 aromatic carbocycles. The van der Waals surface area contributed by atoms with E-state index in [0.29, 0.717) is 6.42 Å². The van der Waals surface area contributed by atoms with Crippen molar-refractivity contribution in [3.8, 4) is 0 Å². The first-order valence-corrected chi connectivity index (χ1v) is 12.1. The number of nitrogens with zero attached hydrogens (tertiary/aromatic N) is 2. The zero-order valence-electron chi connectivity index (χ0n) is 21.7. The molecule has 0 radical (unpaired) electrons. The molecule has 0 aromatic rings. The Balaban J connectivity index is 5.61. The Bertz CT molecular complexity index is 965. The number of amides is 3. The molecule has 0 aliphatic carbocycles. The average Bonchev–Trinajstić information content (AvgIpc) is 2.84. The van der Waals surface area contributed by atoms with Gasteiger partial charge in [-0.2, -0.15) is 0 Å². The van der Waals surface area contributed by atoms with Crippen molar-refractivity contribution >= 4 is 47.5 Å². The minimum Gasteiger partial charge on any atom is -0.481 e. The fourth-order valence-corrected chi connectivity index (χ4v) is 3.16. The van der Waals surface area contributed by atoms with Crippen LogP contribution in [0.2, 0.25) is 0 Å². The van der Waals surface area contributed by atoms with Gasteiger partial charge in [-0.3, -0.25) is 34.0 Å². The van der Waals surface area contributed by atoms with Crippen molar-refractivity contribution in [1.29, 1.82) is 0 Å².